The molecule has 0 aliphatic carbocycles. The van der Waals surface area contributed by atoms with Gasteiger partial charge in [-0.25, -0.2) is 4.79 Å². The molecule has 36 heavy (non-hydrogen) atoms. The van der Waals surface area contributed by atoms with Crippen LogP contribution in [0, 0.1) is 10.1 Å². The molecule has 0 radical (unpaired) electrons. The van der Waals surface area contributed by atoms with Crippen molar-refractivity contribution < 1.29 is 33.5 Å². The molecule has 2 aliphatic rings. The molecule has 0 aromatic heterocycles. The minimum atomic E-state index is -0.878. The zero-order chi connectivity index (χ0) is 25.9. The van der Waals surface area contributed by atoms with E-state index in [9.17, 15) is 24.5 Å². The lowest BCUT2D eigenvalue weighted by Gasteiger charge is -2.44. The van der Waals surface area contributed by atoms with E-state index in [4.69, 9.17) is 14.2 Å². The molecular weight excluding hydrogens is 472 g/mol. The summed E-state index contributed by atoms with van der Waals surface area (Å²) in [6, 6.07) is 9.10. The summed E-state index contributed by atoms with van der Waals surface area (Å²) in [6.07, 6.45) is 2.44. The van der Waals surface area contributed by atoms with Crippen molar-refractivity contribution in [1.82, 2.24) is 4.90 Å². The maximum absolute atomic E-state index is 12.7. The van der Waals surface area contributed by atoms with Gasteiger partial charge in [0.15, 0.2) is 0 Å². The van der Waals surface area contributed by atoms with Crippen LogP contribution < -0.4 is 20.1 Å². The number of nitro benzene ring substituents is 1. The van der Waals surface area contributed by atoms with Gasteiger partial charge in [0.25, 0.3) is 5.69 Å². The number of nitrogens with one attached hydrogen (secondary N) is 2. The first-order valence-electron chi connectivity index (χ1n) is 11.0. The van der Waals surface area contributed by atoms with Gasteiger partial charge >= 0.3 is 6.09 Å². The van der Waals surface area contributed by atoms with Crippen LogP contribution in [0.15, 0.2) is 48.6 Å². The molecule has 0 unspecified atom stereocenters. The molecule has 2 N–H and O–H groups in total. The fourth-order valence-electron chi connectivity index (χ4n) is 4.29. The highest BCUT2D eigenvalue weighted by Gasteiger charge is 2.45. The number of carbonyl (C=O) groups is 3. The van der Waals surface area contributed by atoms with Gasteiger partial charge in [0, 0.05) is 49.7 Å². The van der Waals surface area contributed by atoms with Crippen LogP contribution in [0.3, 0.4) is 0 Å². The van der Waals surface area contributed by atoms with Crippen LogP contribution >= 0.6 is 0 Å². The number of piperidine rings is 1. The number of rotatable bonds is 6. The van der Waals surface area contributed by atoms with Crippen LogP contribution in [-0.4, -0.2) is 55.0 Å². The molecular formula is C24H24N4O8. The molecule has 2 aliphatic heterocycles. The summed E-state index contributed by atoms with van der Waals surface area (Å²) in [4.78, 5) is 49.1. The molecule has 1 fully saturated rings. The third kappa shape index (κ3) is 4.92. The number of benzene rings is 2. The maximum atomic E-state index is 12.7. The molecule has 2 aromatic carbocycles. The smallest absolute Gasteiger partial charge is 0.412 e. The lowest BCUT2D eigenvalue weighted by molar-refractivity contribution is -0.384. The fraction of sp³-hybridized carbons (Fsp3) is 0.292. The Labute approximate surface area is 206 Å². The third-order valence-electron chi connectivity index (χ3n) is 6.16. The van der Waals surface area contributed by atoms with Gasteiger partial charge in [-0.2, -0.15) is 0 Å². The molecule has 3 amide bonds. The number of methoxy groups -OCH3 is 2. The molecule has 0 bridgehead atoms. The largest absolute Gasteiger partial charge is 0.497 e. The van der Waals surface area contributed by atoms with Crippen molar-refractivity contribution in [2.45, 2.75) is 18.4 Å². The molecule has 0 atom stereocenters. The summed E-state index contributed by atoms with van der Waals surface area (Å²) < 4.78 is 16.1. The molecule has 12 nitrogen and oxygen atoms in total. The Bertz CT molecular complexity index is 1250. The lowest BCUT2D eigenvalue weighted by Crippen LogP contribution is -2.49. The number of amides is 3. The summed E-state index contributed by atoms with van der Waals surface area (Å²) in [5, 5.41) is 16.1. The Morgan fingerprint density at radius 3 is 2.56 bits per heavy atom. The highest BCUT2D eigenvalue weighted by molar-refractivity contribution is 6.04. The number of nitrogens with zero attached hydrogens (tertiary/aromatic N) is 2. The summed E-state index contributed by atoms with van der Waals surface area (Å²) in [5.74, 6) is -0.226. The molecule has 1 spiro atoms. The SMILES string of the molecule is COc1ccc2c(c1)C1(CCN(C(=O)C=CC(=O)Nc3ccc([N+](=O)[O-])cc3OC)CC1)OC(=O)N2. The zero-order valence-corrected chi connectivity index (χ0v) is 19.6. The highest BCUT2D eigenvalue weighted by Crippen LogP contribution is 2.44. The number of likely N-dealkylation sites (tertiary alicyclic amines) is 1. The van der Waals surface area contributed by atoms with E-state index in [0.29, 0.717) is 37.4 Å². The van der Waals surface area contributed by atoms with Gasteiger partial charge < -0.3 is 24.4 Å². The third-order valence-corrected chi connectivity index (χ3v) is 6.16. The summed E-state index contributed by atoms with van der Waals surface area (Å²) in [7, 11) is 2.88. The van der Waals surface area contributed by atoms with E-state index in [1.165, 1.54) is 25.3 Å². The minimum Gasteiger partial charge on any atom is -0.497 e. The Hall–Kier alpha value is -4.61. The molecule has 2 heterocycles. The quantitative estimate of drug-likeness (QED) is 0.352. The van der Waals surface area contributed by atoms with Gasteiger partial charge in [-0.3, -0.25) is 25.0 Å². The molecule has 12 heteroatoms. The van der Waals surface area contributed by atoms with Crippen LogP contribution in [0.2, 0.25) is 0 Å². The van der Waals surface area contributed by atoms with Crippen molar-refractivity contribution in [3.8, 4) is 11.5 Å². The first-order valence-corrected chi connectivity index (χ1v) is 11.0. The number of carbonyl (C=O) groups excluding carboxylic acids is 3. The van der Waals surface area contributed by atoms with Gasteiger partial charge in [0.05, 0.1) is 36.6 Å². The summed E-state index contributed by atoms with van der Waals surface area (Å²) in [5.41, 5.74) is 0.604. The number of nitro groups is 1. The van der Waals surface area contributed by atoms with Crippen molar-refractivity contribution in [2.75, 3.05) is 37.9 Å². The van der Waals surface area contributed by atoms with Crippen LogP contribution in [0.5, 0.6) is 11.5 Å². The average Bonchev–Trinajstić information content (AvgIpc) is 2.87. The van der Waals surface area contributed by atoms with Crippen LogP contribution in [0.4, 0.5) is 21.9 Å². The van der Waals surface area contributed by atoms with Crippen LogP contribution in [0.25, 0.3) is 0 Å². The normalized spacial score (nSPS) is 16.1. The standard InChI is InChI=1S/C24H24N4O8/c1-34-16-4-6-18-17(14-16)24(36-23(31)26-18)9-11-27(12-10-24)22(30)8-7-21(29)25-19-5-3-15(28(32)33)13-20(19)35-2/h3-8,13-14H,9-12H2,1-2H3,(H,25,29)(H,26,31). The predicted octanol–water partition coefficient (Wildman–Crippen LogP) is 3.19. The first kappa shape index (κ1) is 24.5. The summed E-state index contributed by atoms with van der Waals surface area (Å²) >= 11 is 0. The van der Waals surface area contributed by atoms with Crippen molar-refractivity contribution in [2.24, 2.45) is 0 Å². The van der Waals surface area contributed by atoms with E-state index in [0.717, 1.165) is 17.7 Å². The van der Waals surface area contributed by atoms with Crippen LogP contribution in [0.1, 0.15) is 18.4 Å². The van der Waals surface area contributed by atoms with Crippen molar-refractivity contribution >= 4 is 35.0 Å². The minimum absolute atomic E-state index is 0.118. The fourth-order valence-corrected chi connectivity index (χ4v) is 4.29. The van der Waals surface area contributed by atoms with E-state index in [-0.39, 0.29) is 23.0 Å². The average molecular weight is 496 g/mol. The number of fused-ring (bicyclic) bond motifs is 2. The second-order valence-corrected chi connectivity index (χ2v) is 8.21. The second kappa shape index (κ2) is 9.94. The van der Waals surface area contributed by atoms with Crippen molar-refractivity contribution in [3.63, 3.8) is 0 Å². The topological polar surface area (TPSA) is 149 Å². The molecule has 4 rings (SSSR count). The molecule has 2 aromatic rings. The Morgan fingerprint density at radius 1 is 1.14 bits per heavy atom. The van der Waals surface area contributed by atoms with Crippen molar-refractivity contribution in [3.05, 3.63) is 64.2 Å². The number of non-ortho nitro benzene ring substituents is 1. The van der Waals surface area contributed by atoms with E-state index < -0.39 is 22.5 Å². The van der Waals surface area contributed by atoms with Gasteiger partial charge in [-0.05, 0) is 24.3 Å². The van der Waals surface area contributed by atoms with Gasteiger partial charge in [0.2, 0.25) is 11.8 Å². The van der Waals surface area contributed by atoms with E-state index >= 15 is 0 Å². The molecule has 188 valence electrons. The molecule has 0 saturated carbocycles. The van der Waals surface area contributed by atoms with E-state index in [1.807, 2.05) is 6.07 Å². The van der Waals surface area contributed by atoms with Crippen molar-refractivity contribution in [1.29, 1.82) is 0 Å². The van der Waals surface area contributed by atoms with Crippen LogP contribution in [-0.2, 0) is 19.9 Å². The second-order valence-electron chi connectivity index (χ2n) is 8.21. The lowest BCUT2D eigenvalue weighted by atomic mass is 9.82. The van der Waals surface area contributed by atoms with E-state index in [1.54, 1.807) is 24.1 Å². The monoisotopic (exact) mass is 496 g/mol. The number of anilines is 2. The maximum Gasteiger partial charge on any atom is 0.412 e. The number of hydrogen-bond acceptors (Lipinski definition) is 8. The predicted molar refractivity (Wildman–Crippen MR) is 128 cm³/mol. The zero-order valence-electron chi connectivity index (χ0n) is 19.6. The molecule has 1 saturated heterocycles. The van der Waals surface area contributed by atoms with Gasteiger partial charge in [0.1, 0.15) is 17.1 Å². The number of hydrogen-bond donors (Lipinski definition) is 2. The Balaban J connectivity index is 1.40. The number of ether oxygens (including phenoxy) is 3. The Morgan fingerprint density at radius 2 is 1.89 bits per heavy atom. The van der Waals surface area contributed by atoms with Gasteiger partial charge in [-0.15, -0.1) is 0 Å². The first-order chi connectivity index (χ1) is 17.2. The van der Waals surface area contributed by atoms with Gasteiger partial charge in [-0.1, -0.05) is 0 Å². The highest BCUT2D eigenvalue weighted by atomic mass is 16.6. The van der Waals surface area contributed by atoms with E-state index in [2.05, 4.69) is 10.6 Å². The summed E-state index contributed by atoms with van der Waals surface area (Å²) in [6.45, 7) is 0.621. The Kier molecular flexibility index (Phi) is 6.77.